The second-order valence-corrected chi connectivity index (χ2v) is 3.85. The van der Waals surface area contributed by atoms with Gasteiger partial charge in [0.2, 0.25) is 0 Å². The molecule has 5 heteroatoms. The van der Waals surface area contributed by atoms with Gasteiger partial charge in [0.1, 0.15) is 0 Å². The van der Waals surface area contributed by atoms with E-state index in [2.05, 4.69) is 0 Å². The number of benzene rings is 1. The minimum absolute atomic E-state index is 0.0376. The second-order valence-electron chi connectivity index (χ2n) is 3.85. The molecule has 0 bridgehead atoms. The summed E-state index contributed by atoms with van der Waals surface area (Å²) in [6.07, 6.45) is 0.876. The van der Waals surface area contributed by atoms with Crippen molar-refractivity contribution in [3.63, 3.8) is 0 Å². The monoisotopic (exact) mass is 251 g/mol. The van der Waals surface area contributed by atoms with Gasteiger partial charge in [0, 0.05) is 0 Å². The molecule has 1 aromatic carbocycles. The third-order valence-electron chi connectivity index (χ3n) is 2.53. The highest BCUT2D eigenvalue weighted by Gasteiger charge is 2.20. The summed E-state index contributed by atoms with van der Waals surface area (Å²) < 4.78 is 10.9. The summed E-state index contributed by atoms with van der Waals surface area (Å²) in [5.74, 6) is 1.06. The van der Waals surface area contributed by atoms with Gasteiger partial charge in [0.05, 0.1) is 19.8 Å². The molecule has 0 aromatic heterocycles. The zero-order valence-corrected chi connectivity index (χ0v) is 10.4. The van der Waals surface area contributed by atoms with Crippen LogP contribution in [-0.2, 0) is 9.63 Å². The summed E-state index contributed by atoms with van der Waals surface area (Å²) in [4.78, 5) is 16.9. The van der Waals surface area contributed by atoms with E-state index in [0.29, 0.717) is 31.3 Å². The Balaban J connectivity index is 1.90. The molecular weight excluding hydrogens is 234 g/mol. The van der Waals surface area contributed by atoms with Crippen molar-refractivity contribution in [3.05, 3.63) is 24.3 Å². The van der Waals surface area contributed by atoms with Crippen LogP contribution in [0.3, 0.4) is 0 Å². The lowest BCUT2D eigenvalue weighted by molar-refractivity contribution is -0.170. The van der Waals surface area contributed by atoms with Gasteiger partial charge < -0.3 is 9.47 Å². The molecule has 0 unspecified atom stereocenters. The van der Waals surface area contributed by atoms with E-state index in [4.69, 9.17) is 14.3 Å². The number of nitrogens with zero attached hydrogens (tertiary/aromatic N) is 1. The van der Waals surface area contributed by atoms with Crippen LogP contribution in [0.5, 0.6) is 11.5 Å². The van der Waals surface area contributed by atoms with Gasteiger partial charge in [-0.3, -0.25) is 9.63 Å². The van der Waals surface area contributed by atoms with Gasteiger partial charge in [-0.25, -0.2) is 5.06 Å². The van der Waals surface area contributed by atoms with Gasteiger partial charge in [0.15, 0.2) is 18.1 Å². The average Bonchev–Trinajstić information content (AvgIpc) is 2.92. The maximum atomic E-state index is 11.7. The van der Waals surface area contributed by atoms with E-state index < -0.39 is 0 Å². The molecule has 1 fully saturated rings. The topological polar surface area (TPSA) is 48.0 Å². The van der Waals surface area contributed by atoms with Crippen molar-refractivity contribution in [2.45, 2.75) is 13.3 Å². The summed E-state index contributed by atoms with van der Waals surface area (Å²) in [6, 6.07) is 7.30. The normalized spacial score (nSPS) is 14.6. The van der Waals surface area contributed by atoms with E-state index in [1.54, 1.807) is 6.07 Å². The highest BCUT2D eigenvalue weighted by atomic mass is 16.7. The lowest BCUT2D eigenvalue weighted by Crippen LogP contribution is -2.31. The van der Waals surface area contributed by atoms with Gasteiger partial charge in [0.25, 0.3) is 5.91 Å². The van der Waals surface area contributed by atoms with Gasteiger partial charge in [-0.2, -0.15) is 0 Å². The number of hydrogen-bond acceptors (Lipinski definition) is 4. The van der Waals surface area contributed by atoms with Gasteiger partial charge in [-0.05, 0) is 25.5 Å². The molecule has 0 spiro atoms. The van der Waals surface area contributed by atoms with Crippen molar-refractivity contribution in [2.24, 2.45) is 0 Å². The molecule has 1 amide bonds. The number of amides is 1. The molecule has 0 atom stereocenters. The molecule has 0 N–H and O–H groups in total. The minimum atomic E-state index is -0.168. The van der Waals surface area contributed by atoms with Crippen molar-refractivity contribution >= 4 is 5.91 Å². The molecule has 0 aliphatic carbocycles. The molecular formula is C13H17NO4. The van der Waals surface area contributed by atoms with Crippen LogP contribution in [0.15, 0.2) is 24.3 Å². The van der Waals surface area contributed by atoms with Crippen LogP contribution in [0.2, 0.25) is 0 Å². The number of ether oxygens (including phenoxy) is 2. The van der Waals surface area contributed by atoms with Crippen LogP contribution in [0.25, 0.3) is 0 Å². The van der Waals surface area contributed by atoms with Crippen LogP contribution in [0.4, 0.5) is 0 Å². The lowest BCUT2D eigenvalue weighted by Gasteiger charge is -2.15. The number of rotatable bonds is 5. The lowest BCUT2D eigenvalue weighted by atomic mass is 10.3. The Hall–Kier alpha value is -1.75. The molecule has 5 nitrogen and oxygen atoms in total. The fourth-order valence-corrected chi connectivity index (χ4v) is 1.70. The molecule has 18 heavy (non-hydrogen) atoms. The Morgan fingerprint density at radius 2 is 2.06 bits per heavy atom. The predicted molar refractivity (Wildman–Crippen MR) is 65.4 cm³/mol. The van der Waals surface area contributed by atoms with E-state index in [0.717, 1.165) is 6.42 Å². The Labute approximate surface area is 106 Å². The van der Waals surface area contributed by atoms with Crippen molar-refractivity contribution in [3.8, 4) is 11.5 Å². The van der Waals surface area contributed by atoms with E-state index >= 15 is 0 Å². The molecule has 2 rings (SSSR count). The van der Waals surface area contributed by atoms with E-state index in [1.807, 2.05) is 25.1 Å². The van der Waals surface area contributed by atoms with Gasteiger partial charge in [-0.1, -0.05) is 12.1 Å². The Bertz CT molecular complexity index is 402. The van der Waals surface area contributed by atoms with Crippen molar-refractivity contribution in [1.29, 1.82) is 0 Å². The molecule has 1 saturated heterocycles. The second kappa shape index (κ2) is 6.26. The summed E-state index contributed by atoms with van der Waals surface area (Å²) in [5, 5.41) is 1.35. The van der Waals surface area contributed by atoms with Crippen LogP contribution < -0.4 is 9.47 Å². The highest BCUT2D eigenvalue weighted by molar-refractivity contribution is 5.76. The Morgan fingerprint density at radius 3 is 2.67 bits per heavy atom. The van der Waals surface area contributed by atoms with E-state index in [1.165, 1.54) is 5.06 Å². The Kier molecular flexibility index (Phi) is 4.41. The smallest absolute Gasteiger partial charge is 0.284 e. The van der Waals surface area contributed by atoms with Gasteiger partial charge in [-0.15, -0.1) is 0 Å². The summed E-state index contributed by atoms with van der Waals surface area (Å²) in [7, 11) is 0. The summed E-state index contributed by atoms with van der Waals surface area (Å²) >= 11 is 0. The van der Waals surface area contributed by atoms with Crippen molar-refractivity contribution < 1.29 is 19.1 Å². The molecule has 0 radical (unpaired) electrons. The predicted octanol–water partition coefficient (Wildman–Crippen LogP) is 1.63. The van der Waals surface area contributed by atoms with Crippen LogP contribution in [-0.4, -0.2) is 37.3 Å². The molecule has 1 aliphatic rings. The summed E-state index contributed by atoms with van der Waals surface area (Å²) in [5.41, 5.74) is 0. The van der Waals surface area contributed by atoms with Crippen LogP contribution in [0, 0.1) is 0 Å². The van der Waals surface area contributed by atoms with E-state index in [9.17, 15) is 4.79 Å². The number of carbonyl (C=O) groups is 1. The zero-order chi connectivity index (χ0) is 12.8. The summed E-state index contributed by atoms with van der Waals surface area (Å²) in [6.45, 7) is 3.66. The average molecular weight is 251 g/mol. The van der Waals surface area contributed by atoms with Crippen LogP contribution in [0.1, 0.15) is 13.3 Å². The first-order chi connectivity index (χ1) is 8.81. The van der Waals surface area contributed by atoms with Gasteiger partial charge >= 0.3 is 0 Å². The number of para-hydroxylation sites is 2. The number of carbonyl (C=O) groups excluding carboxylic acids is 1. The molecule has 1 aliphatic heterocycles. The van der Waals surface area contributed by atoms with Crippen LogP contribution >= 0.6 is 0 Å². The fraction of sp³-hybridized carbons (Fsp3) is 0.462. The maximum Gasteiger partial charge on any atom is 0.284 e. The third kappa shape index (κ3) is 3.13. The zero-order valence-electron chi connectivity index (χ0n) is 10.4. The number of hydrogen-bond donors (Lipinski definition) is 0. The van der Waals surface area contributed by atoms with Crippen molar-refractivity contribution in [1.82, 2.24) is 5.06 Å². The minimum Gasteiger partial charge on any atom is -0.490 e. The fourth-order valence-electron chi connectivity index (χ4n) is 1.70. The maximum absolute atomic E-state index is 11.7. The first kappa shape index (κ1) is 12.7. The van der Waals surface area contributed by atoms with Crippen molar-refractivity contribution in [2.75, 3.05) is 26.4 Å². The molecule has 1 aromatic rings. The van der Waals surface area contributed by atoms with E-state index in [-0.39, 0.29) is 12.5 Å². The third-order valence-corrected chi connectivity index (χ3v) is 2.53. The first-order valence-electron chi connectivity index (χ1n) is 6.09. The standard InChI is InChI=1S/C13H17NO4/c1-2-16-11-6-3-4-7-12(11)17-10-13(15)14-8-5-9-18-14/h3-4,6-7H,2,5,8-10H2,1H3. The first-order valence-corrected chi connectivity index (χ1v) is 6.09. The SMILES string of the molecule is CCOc1ccccc1OCC(=O)N1CCCO1. The Morgan fingerprint density at radius 1 is 1.33 bits per heavy atom. The molecule has 1 heterocycles. The quantitative estimate of drug-likeness (QED) is 0.798. The molecule has 0 saturated carbocycles. The molecule has 98 valence electrons. The largest absolute Gasteiger partial charge is 0.490 e. The highest BCUT2D eigenvalue weighted by Crippen LogP contribution is 2.26. The number of hydroxylamine groups is 2.